The Kier molecular flexibility index (Phi) is 4.26. The highest BCUT2D eigenvalue weighted by molar-refractivity contribution is 9.10. The first-order valence-electron chi connectivity index (χ1n) is 8.06. The molecule has 0 atom stereocenters. The maximum atomic E-state index is 12.7. The largest absolute Gasteiger partial charge is 0.348 e. The molecule has 1 N–H and O–H groups in total. The van der Waals surface area contributed by atoms with E-state index in [4.69, 9.17) is 0 Å². The maximum Gasteiger partial charge on any atom is 0.265 e. The van der Waals surface area contributed by atoms with Gasteiger partial charge in [-0.05, 0) is 42.0 Å². The van der Waals surface area contributed by atoms with Gasteiger partial charge in [0.15, 0.2) is 0 Å². The third kappa shape index (κ3) is 3.11. The lowest BCUT2D eigenvalue weighted by atomic mass is 10.2. The van der Waals surface area contributed by atoms with Gasteiger partial charge in [-0.15, -0.1) is 0 Å². The molecule has 0 saturated carbocycles. The first kappa shape index (κ1) is 16.5. The van der Waals surface area contributed by atoms with Crippen molar-refractivity contribution in [2.75, 3.05) is 0 Å². The number of amides is 1. The van der Waals surface area contributed by atoms with E-state index < -0.39 is 0 Å². The molecular formula is C20H14BrN3O2. The van der Waals surface area contributed by atoms with Gasteiger partial charge in [0.25, 0.3) is 11.5 Å². The van der Waals surface area contributed by atoms with Gasteiger partial charge < -0.3 is 5.32 Å². The number of hydrogen-bond donors (Lipinski definition) is 1. The number of fused-ring (bicyclic) bond motifs is 2. The van der Waals surface area contributed by atoms with E-state index in [0.29, 0.717) is 28.7 Å². The Bertz CT molecular complexity index is 1180. The number of carbonyl (C=O) groups excluding carboxylic acids is 1. The molecule has 5 nitrogen and oxygen atoms in total. The molecule has 0 saturated heterocycles. The number of nitrogens with one attached hydrogen (secondary N) is 1. The molecule has 0 bridgehead atoms. The molecule has 0 aliphatic carbocycles. The van der Waals surface area contributed by atoms with Gasteiger partial charge in [-0.3, -0.25) is 14.0 Å². The smallest absolute Gasteiger partial charge is 0.265 e. The summed E-state index contributed by atoms with van der Waals surface area (Å²) in [5.41, 5.74) is 2.37. The summed E-state index contributed by atoms with van der Waals surface area (Å²) >= 11 is 3.38. The molecule has 0 aliphatic rings. The minimum absolute atomic E-state index is 0.187. The fraction of sp³-hybridized carbons (Fsp3) is 0.0500. The quantitative estimate of drug-likeness (QED) is 0.528. The summed E-state index contributed by atoms with van der Waals surface area (Å²) in [4.78, 5) is 29.6. The normalized spacial score (nSPS) is 11.0. The molecule has 0 unspecified atom stereocenters. The number of pyridine rings is 1. The number of para-hydroxylation sites is 1. The van der Waals surface area contributed by atoms with Gasteiger partial charge in [0.1, 0.15) is 5.65 Å². The van der Waals surface area contributed by atoms with Crippen molar-refractivity contribution in [2.24, 2.45) is 0 Å². The van der Waals surface area contributed by atoms with Gasteiger partial charge >= 0.3 is 0 Å². The number of aromatic nitrogens is 2. The molecule has 0 radical (unpaired) electrons. The van der Waals surface area contributed by atoms with Crippen molar-refractivity contribution in [2.45, 2.75) is 6.54 Å². The first-order valence-corrected chi connectivity index (χ1v) is 8.85. The van der Waals surface area contributed by atoms with Gasteiger partial charge in [0, 0.05) is 17.2 Å². The van der Waals surface area contributed by atoms with Crippen LogP contribution in [0.2, 0.25) is 0 Å². The summed E-state index contributed by atoms with van der Waals surface area (Å²) in [6.07, 6.45) is 1.54. The average Bonchev–Trinajstić information content (AvgIpc) is 2.67. The third-order valence-electron chi connectivity index (χ3n) is 4.14. The molecule has 0 fully saturated rings. The van der Waals surface area contributed by atoms with Crippen LogP contribution in [-0.4, -0.2) is 15.3 Å². The van der Waals surface area contributed by atoms with Gasteiger partial charge in [0.05, 0.1) is 16.5 Å². The van der Waals surface area contributed by atoms with Crippen LogP contribution >= 0.6 is 15.9 Å². The average molecular weight is 408 g/mol. The van der Waals surface area contributed by atoms with E-state index in [0.717, 1.165) is 10.0 Å². The van der Waals surface area contributed by atoms with E-state index in [1.165, 1.54) is 10.6 Å². The van der Waals surface area contributed by atoms with Crippen molar-refractivity contribution in [3.63, 3.8) is 0 Å². The fourth-order valence-electron chi connectivity index (χ4n) is 2.77. The Hall–Kier alpha value is -2.99. The molecule has 4 rings (SSSR count). The van der Waals surface area contributed by atoms with E-state index in [9.17, 15) is 9.59 Å². The van der Waals surface area contributed by atoms with E-state index in [1.54, 1.807) is 30.3 Å². The SMILES string of the molecule is O=C(NCc1ccc(Br)cc1)c1ccc2nc3ccccc3c(=O)n2c1. The topological polar surface area (TPSA) is 63.5 Å². The second-order valence-corrected chi connectivity index (χ2v) is 6.80. The Labute approximate surface area is 157 Å². The second kappa shape index (κ2) is 6.72. The molecule has 2 heterocycles. The van der Waals surface area contributed by atoms with Gasteiger partial charge in [-0.2, -0.15) is 0 Å². The number of hydrogen-bond acceptors (Lipinski definition) is 3. The number of halogens is 1. The van der Waals surface area contributed by atoms with Gasteiger partial charge in [0.2, 0.25) is 0 Å². The van der Waals surface area contributed by atoms with Crippen LogP contribution < -0.4 is 10.9 Å². The Morgan fingerprint density at radius 1 is 1.04 bits per heavy atom. The molecule has 2 aromatic heterocycles. The number of nitrogens with zero attached hydrogens (tertiary/aromatic N) is 2. The minimum Gasteiger partial charge on any atom is -0.348 e. The molecule has 2 aromatic carbocycles. The van der Waals surface area contributed by atoms with E-state index >= 15 is 0 Å². The lowest BCUT2D eigenvalue weighted by Crippen LogP contribution is -2.24. The van der Waals surface area contributed by atoms with Crippen LogP contribution in [-0.2, 0) is 6.54 Å². The van der Waals surface area contributed by atoms with E-state index in [2.05, 4.69) is 26.2 Å². The zero-order valence-electron chi connectivity index (χ0n) is 13.6. The molecule has 1 amide bonds. The summed E-state index contributed by atoms with van der Waals surface area (Å²) in [5.74, 6) is -0.241. The molecule has 0 aliphatic heterocycles. The van der Waals surface area contributed by atoms with Crippen molar-refractivity contribution in [1.29, 1.82) is 0 Å². The summed E-state index contributed by atoms with van der Waals surface area (Å²) in [5, 5.41) is 3.39. The summed E-state index contributed by atoms with van der Waals surface area (Å²) < 4.78 is 2.40. The highest BCUT2D eigenvalue weighted by atomic mass is 79.9. The monoisotopic (exact) mass is 407 g/mol. The Balaban J connectivity index is 1.65. The molecule has 26 heavy (non-hydrogen) atoms. The number of benzene rings is 2. The lowest BCUT2D eigenvalue weighted by Gasteiger charge is -2.08. The molecule has 128 valence electrons. The zero-order valence-corrected chi connectivity index (χ0v) is 15.2. The predicted molar refractivity (Wildman–Crippen MR) is 104 cm³/mol. The standard InChI is InChI=1S/C20H14BrN3O2/c21-15-8-5-13(6-9-15)11-22-19(25)14-7-10-18-23-17-4-2-1-3-16(17)20(26)24(18)12-14/h1-10,12H,11H2,(H,22,25). The number of carbonyl (C=O) groups is 1. The zero-order chi connectivity index (χ0) is 18.1. The van der Waals surface area contributed by atoms with Crippen LogP contribution in [0.3, 0.4) is 0 Å². The highest BCUT2D eigenvalue weighted by Gasteiger charge is 2.10. The first-order chi connectivity index (χ1) is 12.6. The van der Waals surface area contributed by atoms with Crippen LogP contribution in [0.5, 0.6) is 0 Å². The summed E-state index contributed by atoms with van der Waals surface area (Å²) in [6, 6.07) is 18.3. The van der Waals surface area contributed by atoms with Crippen molar-refractivity contribution in [3.05, 3.63) is 92.8 Å². The maximum absolute atomic E-state index is 12.7. The van der Waals surface area contributed by atoms with Crippen LogP contribution in [0.1, 0.15) is 15.9 Å². The summed E-state index contributed by atoms with van der Waals surface area (Å²) in [6.45, 7) is 0.412. The Morgan fingerprint density at radius 2 is 1.81 bits per heavy atom. The van der Waals surface area contributed by atoms with Crippen molar-refractivity contribution < 1.29 is 4.79 Å². The summed E-state index contributed by atoms with van der Waals surface area (Å²) in [7, 11) is 0. The van der Waals surface area contributed by atoms with Crippen molar-refractivity contribution in [1.82, 2.24) is 14.7 Å². The van der Waals surface area contributed by atoms with Crippen molar-refractivity contribution in [3.8, 4) is 0 Å². The van der Waals surface area contributed by atoms with Crippen molar-refractivity contribution >= 4 is 38.4 Å². The molecule has 0 spiro atoms. The lowest BCUT2D eigenvalue weighted by molar-refractivity contribution is 0.0950. The molecular weight excluding hydrogens is 394 g/mol. The third-order valence-corrected chi connectivity index (χ3v) is 4.67. The van der Waals surface area contributed by atoms with Crippen LogP contribution in [0.15, 0.2) is 76.1 Å². The minimum atomic E-state index is -0.241. The molecule has 4 aromatic rings. The molecule has 6 heteroatoms. The van der Waals surface area contributed by atoms with Crippen LogP contribution in [0.25, 0.3) is 16.6 Å². The van der Waals surface area contributed by atoms with Crippen LogP contribution in [0.4, 0.5) is 0 Å². The van der Waals surface area contributed by atoms with Gasteiger partial charge in [-0.25, -0.2) is 4.98 Å². The van der Waals surface area contributed by atoms with E-state index in [1.807, 2.05) is 30.3 Å². The van der Waals surface area contributed by atoms with Crippen LogP contribution in [0, 0.1) is 0 Å². The highest BCUT2D eigenvalue weighted by Crippen LogP contribution is 2.12. The number of rotatable bonds is 3. The predicted octanol–water partition coefficient (Wildman–Crippen LogP) is 3.54. The Morgan fingerprint density at radius 3 is 2.62 bits per heavy atom. The van der Waals surface area contributed by atoms with Gasteiger partial charge in [-0.1, -0.05) is 40.2 Å². The second-order valence-electron chi connectivity index (χ2n) is 5.89. The fourth-order valence-corrected chi connectivity index (χ4v) is 3.04. The van der Waals surface area contributed by atoms with E-state index in [-0.39, 0.29) is 11.5 Å².